The van der Waals surface area contributed by atoms with Gasteiger partial charge in [-0.25, -0.2) is 9.97 Å². The van der Waals surface area contributed by atoms with Gasteiger partial charge in [0.2, 0.25) is 5.95 Å². The normalized spacial score (nSPS) is 24.6. The van der Waals surface area contributed by atoms with E-state index in [0.717, 1.165) is 30.8 Å². The number of nitrogens with two attached hydrogens (primary N) is 1. The molecule has 0 radical (unpaired) electrons. The summed E-state index contributed by atoms with van der Waals surface area (Å²) < 4.78 is 7.48. The molecule has 6 heteroatoms. The molecule has 1 fully saturated rings. The molecular formula is C12H15ClN4O. The summed E-state index contributed by atoms with van der Waals surface area (Å²) in [5, 5.41) is 0.576. The Hall–Kier alpha value is -1.33. The van der Waals surface area contributed by atoms with Crippen LogP contribution in [-0.4, -0.2) is 27.7 Å². The third kappa shape index (κ3) is 1.83. The Labute approximate surface area is 110 Å². The molecule has 2 aromatic heterocycles. The van der Waals surface area contributed by atoms with Crippen LogP contribution in [0.5, 0.6) is 0 Å². The number of rotatable bonds is 1. The minimum Gasteiger partial charge on any atom is -0.381 e. The minimum atomic E-state index is 0.289. The Morgan fingerprint density at radius 3 is 3.17 bits per heavy atom. The number of halogens is 1. The number of anilines is 1. The van der Waals surface area contributed by atoms with E-state index in [1.54, 1.807) is 12.3 Å². The predicted octanol–water partition coefficient (Wildman–Crippen LogP) is 2.26. The van der Waals surface area contributed by atoms with E-state index in [1.807, 2.05) is 4.57 Å². The molecule has 3 rings (SSSR count). The van der Waals surface area contributed by atoms with Gasteiger partial charge in [-0.1, -0.05) is 18.5 Å². The third-order valence-corrected chi connectivity index (χ3v) is 3.66. The standard InChI is InChI=1S/C12H15ClN4O/c1-7-6-18-3-2-10(7)17-11-9(16-12(17)14)4-8(13)5-15-11/h4-5,7,10H,2-3,6H2,1H3,(H2,14,16). The van der Waals surface area contributed by atoms with Gasteiger partial charge in [0.15, 0.2) is 5.65 Å². The molecule has 1 aliphatic rings. The van der Waals surface area contributed by atoms with E-state index in [-0.39, 0.29) is 6.04 Å². The number of hydrogen-bond donors (Lipinski definition) is 1. The zero-order valence-corrected chi connectivity index (χ0v) is 10.9. The van der Waals surface area contributed by atoms with Crippen molar-refractivity contribution < 1.29 is 4.74 Å². The zero-order chi connectivity index (χ0) is 12.7. The van der Waals surface area contributed by atoms with Crippen LogP contribution >= 0.6 is 11.6 Å². The molecule has 96 valence electrons. The fraction of sp³-hybridized carbons (Fsp3) is 0.500. The summed E-state index contributed by atoms with van der Waals surface area (Å²) in [6, 6.07) is 2.08. The molecule has 1 saturated heterocycles. The van der Waals surface area contributed by atoms with Gasteiger partial charge in [-0.05, 0) is 12.5 Å². The van der Waals surface area contributed by atoms with Gasteiger partial charge in [-0.15, -0.1) is 0 Å². The van der Waals surface area contributed by atoms with Gasteiger partial charge in [-0.3, -0.25) is 4.57 Å². The van der Waals surface area contributed by atoms with Crippen LogP contribution in [0.15, 0.2) is 12.3 Å². The Morgan fingerprint density at radius 1 is 1.56 bits per heavy atom. The number of hydrogen-bond acceptors (Lipinski definition) is 4. The number of pyridine rings is 1. The van der Waals surface area contributed by atoms with Crippen molar-refractivity contribution in [1.82, 2.24) is 14.5 Å². The van der Waals surface area contributed by atoms with Crippen LogP contribution in [0.4, 0.5) is 5.95 Å². The SMILES string of the molecule is CC1COCCC1n1c(N)nc2cc(Cl)cnc21. The highest BCUT2D eigenvalue weighted by Gasteiger charge is 2.27. The van der Waals surface area contributed by atoms with Crippen LogP contribution in [-0.2, 0) is 4.74 Å². The van der Waals surface area contributed by atoms with Crippen molar-refractivity contribution in [1.29, 1.82) is 0 Å². The first-order valence-corrected chi connectivity index (χ1v) is 6.41. The van der Waals surface area contributed by atoms with Crippen LogP contribution < -0.4 is 5.73 Å². The Bertz CT molecular complexity index is 583. The number of nitrogen functional groups attached to an aromatic ring is 1. The molecule has 0 amide bonds. The molecule has 18 heavy (non-hydrogen) atoms. The molecule has 2 atom stereocenters. The number of fused-ring (bicyclic) bond motifs is 1. The molecule has 2 aromatic rings. The van der Waals surface area contributed by atoms with Crippen LogP contribution in [0.2, 0.25) is 5.02 Å². The fourth-order valence-electron chi connectivity index (χ4n) is 2.55. The first kappa shape index (κ1) is 11.7. The van der Waals surface area contributed by atoms with Gasteiger partial charge in [0.1, 0.15) is 5.52 Å². The zero-order valence-electron chi connectivity index (χ0n) is 10.1. The highest BCUT2D eigenvalue weighted by molar-refractivity contribution is 6.31. The molecule has 0 spiro atoms. The molecule has 3 heterocycles. The quantitative estimate of drug-likeness (QED) is 0.860. The lowest BCUT2D eigenvalue weighted by molar-refractivity contribution is 0.0302. The van der Waals surface area contributed by atoms with Crippen LogP contribution in [0.25, 0.3) is 11.2 Å². The van der Waals surface area contributed by atoms with Crippen molar-refractivity contribution in [3.63, 3.8) is 0 Å². The Kier molecular flexibility index (Phi) is 2.87. The van der Waals surface area contributed by atoms with E-state index in [2.05, 4.69) is 16.9 Å². The van der Waals surface area contributed by atoms with Crippen molar-refractivity contribution in [2.24, 2.45) is 5.92 Å². The van der Waals surface area contributed by atoms with Crippen molar-refractivity contribution in [3.05, 3.63) is 17.3 Å². The molecule has 0 saturated carbocycles. The largest absolute Gasteiger partial charge is 0.381 e. The summed E-state index contributed by atoms with van der Waals surface area (Å²) in [6.07, 6.45) is 2.56. The molecule has 2 N–H and O–H groups in total. The lowest BCUT2D eigenvalue weighted by Crippen LogP contribution is -2.28. The van der Waals surface area contributed by atoms with Crippen LogP contribution in [0, 0.1) is 5.92 Å². The van der Waals surface area contributed by atoms with E-state index in [4.69, 9.17) is 22.1 Å². The first-order chi connectivity index (χ1) is 8.66. The molecule has 0 aromatic carbocycles. The topological polar surface area (TPSA) is 66.0 Å². The first-order valence-electron chi connectivity index (χ1n) is 6.03. The molecule has 2 unspecified atom stereocenters. The second-order valence-corrected chi connectivity index (χ2v) is 5.18. The van der Waals surface area contributed by atoms with Crippen molar-refractivity contribution in [2.45, 2.75) is 19.4 Å². The van der Waals surface area contributed by atoms with E-state index < -0.39 is 0 Å². The summed E-state index contributed by atoms with van der Waals surface area (Å²) in [7, 11) is 0. The lowest BCUT2D eigenvalue weighted by Gasteiger charge is -2.30. The van der Waals surface area contributed by atoms with Gasteiger partial charge in [0.05, 0.1) is 11.6 Å². The van der Waals surface area contributed by atoms with Crippen molar-refractivity contribution in [3.8, 4) is 0 Å². The van der Waals surface area contributed by atoms with E-state index in [0.29, 0.717) is 16.9 Å². The molecule has 1 aliphatic heterocycles. The second-order valence-electron chi connectivity index (χ2n) is 4.74. The highest BCUT2D eigenvalue weighted by Crippen LogP contribution is 2.32. The molecule has 0 aliphatic carbocycles. The average molecular weight is 267 g/mol. The maximum atomic E-state index is 6.02. The predicted molar refractivity (Wildman–Crippen MR) is 70.6 cm³/mol. The summed E-state index contributed by atoms with van der Waals surface area (Å²) in [5.74, 6) is 0.898. The van der Waals surface area contributed by atoms with Gasteiger partial charge < -0.3 is 10.5 Å². The smallest absolute Gasteiger partial charge is 0.202 e. The van der Waals surface area contributed by atoms with E-state index in [9.17, 15) is 0 Å². The minimum absolute atomic E-state index is 0.289. The Balaban J connectivity index is 2.12. The van der Waals surface area contributed by atoms with Crippen LogP contribution in [0.1, 0.15) is 19.4 Å². The average Bonchev–Trinajstić information content (AvgIpc) is 2.65. The molecule has 5 nitrogen and oxygen atoms in total. The van der Waals surface area contributed by atoms with Crippen molar-refractivity contribution in [2.75, 3.05) is 18.9 Å². The summed E-state index contributed by atoms with van der Waals surface area (Å²) in [6.45, 7) is 3.66. The molecule has 0 bridgehead atoms. The van der Waals surface area contributed by atoms with Gasteiger partial charge >= 0.3 is 0 Å². The number of ether oxygens (including phenoxy) is 1. The fourth-order valence-corrected chi connectivity index (χ4v) is 2.71. The molecular weight excluding hydrogens is 252 g/mol. The number of imidazole rings is 1. The maximum absolute atomic E-state index is 6.02. The van der Waals surface area contributed by atoms with Gasteiger partial charge in [0.25, 0.3) is 0 Å². The maximum Gasteiger partial charge on any atom is 0.202 e. The highest BCUT2D eigenvalue weighted by atomic mass is 35.5. The lowest BCUT2D eigenvalue weighted by atomic mass is 9.97. The van der Waals surface area contributed by atoms with Crippen LogP contribution in [0.3, 0.4) is 0 Å². The van der Waals surface area contributed by atoms with E-state index >= 15 is 0 Å². The van der Waals surface area contributed by atoms with E-state index in [1.165, 1.54) is 0 Å². The summed E-state index contributed by atoms with van der Waals surface area (Å²) in [5.41, 5.74) is 7.57. The second kappa shape index (κ2) is 4.40. The summed E-state index contributed by atoms with van der Waals surface area (Å²) >= 11 is 5.92. The Morgan fingerprint density at radius 2 is 2.39 bits per heavy atom. The van der Waals surface area contributed by atoms with Crippen molar-refractivity contribution >= 4 is 28.7 Å². The number of aromatic nitrogens is 3. The summed E-state index contributed by atoms with van der Waals surface area (Å²) in [4.78, 5) is 8.70. The monoisotopic (exact) mass is 266 g/mol. The van der Waals surface area contributed by atoms with Gasteiger partial charge in [-0.2, -0.15) is 0 Å². The van der Waals surface area contributed by atoms with Gasteiger partial charge in [0, 0.05) is 24.8 Å². The third-order valence-electron chi connectivity index (χ3n) is 3.45. The number of nitrogens with zero attached hydrogens (tertiary/aromatic N) is 3.